The molecular weight excluding hydrogens is 474 g/mol. The molecule has 0 radical (unpaired) electrons. The van der Waals surface area contributed by atoms with Crippen molar-refractivity contribution in [3.8, 4) is 6.07 Å². The van der Waals surface area contributed by atoms with E-state index < -0.39 is 10.8 Å². The number of aryl methyl sites for hydroxylation is 1. The SMILES string of the molecule is CC1(C)CC(=O)C2=C(C1)N(c1sc3c(c1C#N)CCCCCC3)C(=O)CC2c1cccc([N+](=O)[O-])c1. The first-order valence-corrected chi connectivity index (χ1v) is 13.4. The van der Waals surface area contributed by atoms with E-state index in [-0.39, 0.29) is 29.2 Å². The second-order valence-electron chi connectivity index (χ2n) is 10.8. The normalized spacial score (nSPS) is 21.8. The lowest BCUT2D eigenvalue weighted by Gasteiger charge is -2.42. The van der Waals surface area contributed by atoms with Gasteiger partial charge >= 0.3 is 0 Å². The van der Waals surface area contributed by atoms with Crippen molar-refractivity contribution in [3.63, 3.8) is 0 Å². The minimum Gasteiger partial charge on any atom is -0.294 e. The van der Waals surface area contributed by atoms with Crippen molar-refractivity contribution in [1.29, 1.82) is 5.26 Å². The van der Waals surface area contributed by atoms with Gasteiger partial charge in [0.15, 0.2) is 5.78 Å². The average molecular weight is 504 g/mol. The van der Waals surface area contributed by atoms with Crippen LogP contribution in [0.4, 0.5) is 10.7 Å². The molecule has 1 atom stereocenters. The largest absolute Gasteiger partial charge is 0.294 e. The van der Waals surface area contributed by atoms with Gasteiger partial charge in [-0.15, -0.1) is 11.3 Å². The summed E-state index contributed by atoms with van der Waals surface area (Å²) in [6, 6.07) is 8.65. The van der Waals surface area contributed by atoms with E-state index in [0.29, 0.717) is 40.2 Å². The van der Waals surface area contributed by atoms with Gasteiger partial charge in [0, 0.05) is 47.0 Å². The minimum absolute atomic E-state index is 0.0244. The maximum absolute atomic E-state index is 13.8. The van der Waals surface area contributed by atoms with Crippen molar-refractivity contribution in [1.82, 2.24) is 0 Å². The van der Waals surface area contributed by atoms with E-state index in [2.05, 4.69) is 6.07 Å². The number of nitriles is 1. The summed E-state index contributed by atoms with van der Waals surface area (Å²) >= 11 is 1.53. The molecule has 1 unspecified atom stereocenters. The van der Waals surface area contributed by atoms with Crippen LogP contribution in [0, 0.1) is 26.9 Å². The maximum Gasteiger partial charge on any atom is 0.269 e. The number of carbonyl (C=O) groups is 2. The fraction of sp³-hybridized carbons (Fsp3) is 0.464. The van der Waals surface area contributed by atoms with Gasteiger partial charge in [0.05, 0.1) is 10.5 Å². The molecule has 0 N–H and O–H groups in total. The lowest BCUT2D eigenvalue weighted by molar-refractivity contribution is -0.384. The van der Waals surface area contributed by atoms with Crippen molar-refractivity contribution >= 4 is 33.7 Å². The number of hydrogen-bond acceptors (Lipinski definition) is 6. The van der Waals surface area contributed by atoms with Gasteiger partial charge in [-0.2, -0.15) is 5.26 Å². The van der Waals surface area contributed by atoms with E-state index in [1.807, 2.05) is 13.8 Å². The van der Waals surface area contributed by atoms with Gasteiger partial charge in [-0.25, -0.2) is 0 Å². The fourth-order valence-electron chi connectivity index (χ4n) is 5.97. The van der Waals surface area contributed by atoms with Crippen LogP contribution in [0.1, 0.15) is 86.3 Å². The number of nitro benzene ring substituents is 1. The van der Waals surface area contributed by atoms with Gasteiger partial charge in [-0.3, -0.25) is 24.6 Å². The highest BCUT2D eigenvalue weighted by molar-refractivity contribution is 7.16. The number of carbonyl (C=O) groups excluding carboxylic acids is 2. The molecule has 2 aliphatic carbocycles. The maximum atomic E-state index is 13.8. The quantitative estimate of drug-likeness (QED) is 0.358. The summed E-state index contributed by atoms with van der Waals surface area (Å²) in [6.07, 6.45) is 7.07. The number of nitro groups is 1. The van der Waals surface area contributed by atoms with E-state index >= 15 is 0 Å². The molecule has 1 aliphatic heterocycles. The molecule has 0 spiro atoms. The average Bonchev–Trinajstić information content (AvgIpc) is 3.13. The molecule has 0 saturated carbocycles. The lowest BCUT2D eigenvalue weighted by Crippen LogP contribution is -2.43. The number of non-ortho nitro benzene ring substituents is 1. The number of rotatable bonds is 3. The number of nitrogens with zero attached hydrogens (tertiary/aromatic N) is 3. The second kappa shape index (κ2) is 9.29. The summed E-state index contributed by atoms with van der Waals surface area (Å²) in [6.45, 7) is 4.04. The highest BCUT2D eigenvalue weighted by atomic mass is 32.1. The first-order valence-electron chi connectivity index (χ1n) is 12.6. The number of Topliss-reactive ketones (excluding diaryl/α,β-unsaturated/α-hetero) is 1. The Morgan fingerprint density at radius 3 is 2.61 bits per heavy atom. The molecule has 1 aromatic carbocycles. The molecule has 7 nitrogen and oxygen atoms in total. The summed E-state index contributed by atoms with van der Waals surface area (Å²) < 4.78 is 0. The van der Waals surface area contributed by atoms with Crippen LogP contribution in [-0.4, -0.2) is 16.6 Å². The van der Waals surface area contributed by atoms with E-state index in [1.54, 1.807) is 17.0 Å². The molecule has 3 aliphatic rings. The van der Waals surface area contributed by atoms with E-state index in [4.69, 9.17) is 0 Å². The van der Waals surface area contributed by atoms with Gasteiger partial charge in [0.25, 0.3) is 5.69 Å². The highest BCUT2D eigenvalue weighted by Crippen LogP contribution is 2.51. The number of benzene rings is 1. The van der Waals surface area contributed by atoms with Crippen molar-refractivity contribution in [2.75, 3.05) is 4.90 Å². The van der Waals surface area contributed by atoms with Crippen LogP contribution in [0.3, 0.4) is 0 Å². The van der Waals surface area contributed by atoms with E-state index in [0.717, 1.165) is 37.7 Å². The van der Waals surface area contributed by atoms with Crippen LogP contribution in [0.2, 0.25) is 0 Å². The Hall–Kier alpha value is -3.31. The molecule has 0 bridgehead atoms. The summed E-state index contributed by atoms with van der Waals surface area (Å²) in [5, 5.41) is 22.2. The summed E-state index contributed by atoms with van der Waals surface area (Å²) in [5.41, 5.74) is 3.08. The zero-order chi connectivity index (χ0) is 25.6. The van der Waals surface area contributed by atoms with Crippen LogP contribution in [0.15, 0.2) is 35.5 Å². The third-order valence-electron chi connectivity index (χ3n) is 7.59. The molecule has 2 heterocycles. The molecule has 0 saturated heterocycles. The molecule has 186 valence electrons. The van der Waals surface area contributed by atoms with Crippen molar-refractivity contribution in [2.24, 2.45) is 5.41 Å². The van der Waals surface area contributed by atoms with Gasteiger partial charge in [0.2, 0.25) is 5.91 Å². The molecule has 0 fully saturated rings. The van der Waals surface area contributed by atoms with Crippen molar-refractivity contribution in [3.05, 3.63) is 67.2 Å². The summed E-state index contributed by atoms with van der Waals surface area (Å²) in [5.74, 6) is -0.719. The molecule has 5 rings (SSSR count). The van der Waals surface area contributed by atoms with Crippen LogP contribution in [0.5, 0.6) is 0 Å². The standard InChI is InChI=1S/C28H29N3O4S/c1-28(2)14-22-26(23(32)15-28)20(17-8-7-9-18(12-17)31(34)35)13-25(33)30(22)27-21(16-29)19-10-5-3-4-6-11-24(19)36-27/h7-9,12,20H,3-6,10-11,13-15H2,1-2H3. The van der Waals surface area contributed by atoms with Gasteiger partial charge in [-0.05, 0) is 48.6 Å². The van der Waals surface area contributed by atoms with Crippen LogP contribution in [0.25, 0.3) is 0 Å². The minimum atomic E-state index is -0.529. The molecular formula is C28H29N3O4S. The predicted octanol–water partition coefficient (Wildman–Crippen LogP) is 6.35. The zero-order valence-corrected chi connectivity index (χ0v) is 21.5. The van der Waals surface area contributed by atoms with Crippen LogP contribution >= 0.6 is 11.3 Å². The molecule has 8 heteroatoms. The number of allylic oxidation sites excluding steroid dienone is 2. The molecule has 2 aromatic rings. The Kier molecular flexibility index (Phi) is 6.29. The molecule has 1 amide bonds. The number of fused-ring (bicyclic) bond motifs is 1. The topological polar surface area (TPSA) is 104 Å². The predicted molar refractivity (Wildman–Crippen MR) is 138 cm³/mol. The molecule has 1 aromatic heterocycles. The van der Waals surface area contributed by atoms with Crippen molar-refractivity contribution < 1.29 is 14.5 Å². The van der Waals surface area contributed by atoms with Crippen LogP contribution < -0.4 is 4.90 Å². The number of hydrogen-bond donors (Lipinski definition) is 0. The summed E-state index contributed by atoms with van der Waals surface area (Å²) in [4.78, 5) is 41.2. The molecule has 36 heavy (non-hydrogen) atoms. The van der Waals surface area contributed by atoms with Gasteiger partial charge < -0.3 is 0 Å². The van der Waals surface area contributed by atoms with Crippen molar-refractivity contribution in [2.45, 2.75) is 77.6 Å². The van der Waals surface area contributed by atoms with Gasteiger partial charge in [0.1, 0.15) is 11.1 Å². The Bertz CT molecular complexity index is 1350. The summed E-state index contributed by atoms with van der Waals surface area (Å²) in [7, 11) is 0. The Balaban J connectivity index is 1.69. The van der Waals surface area contributed by atoms with E-state index in [9.17, 15) is 25.0 Å². The smallest absolute Gasteiger partial charge is 0.269 e. The first kappa shape index (κ1) is 24.4. The number of thiophene rings is 1. The lowest BCUT2D eigenvalue weighted by atomic mass is 9.69. The monoisotopic (exact) mass is 503 g/mol. The Morgan fingerprint density at radius 1 is 1.14 bits per heavy atom. The number of anilines is 1. The highest BCUT2D eigenvalue weighted by Gasteiger charge is 2.45. The van der Waals surface area contributed by atoms with E-state index in [1.165, 1.54) is 34.8 Å². The second-order valence-corrected chi connectivity index (χ2v) is 11.9. The number of ketones is 1. The number of amides is 1. The van der Waals surface area contributed by atoms with Gasteiger partial charge in [-0.1, -0.05) is 38.8 Å². The van der Waals surface area contributed by atoms with Crippen LogP contribution in [-0.2, 0) is 22.4 Å². The third kappa shape index (κ3) is 4.26. The zero-order valence-electron chi connectivity index (χ0n) is 20.6. The first-order chi connectivity index (χ1) is 17.2. The Morgan fingerprint density at radius 2 is 1.89 bits per heavy atom. The Labute approximate surface area is 214 Å². The fourth-order valence-corrected chi connectivity index (χ4v) is 7.35. The third-order valence-corrected chi connectivity index (χ3v) is 8.87.